The molecule has 0 radical (unpaired) electrons. The predicted molar refractivity (Wildman–Crippen MR) is 132 cm³/mol. The van der Waals surface area contributed by atoms with E-state index in [-0.39, 0.29) is 43.0 Å². The summed E-state index contributed by atoms with van der Waals surface area (Å²) >= 11 is 0. The van der Waals surface area contributed by atoms with Crippen LogP contribution < -0.4 is 20.7 Å². The Morgan fingerprint density at radius 1 is 1.09 bits per heavy atom. The van der Waals surface area contributed by atoms with Crippen molar-refractivity contribution in [2.75, 3.05) is 20.2 Å². The van der Waals surface area contributed by atoms with Crippen molar-refractivity contribution in [2.24, 2.45) is 4.99 Å². The maximum absolute atomic E-state index is 12.8. The minimum absolute atomic E-state index is 0. The Bertz CT molecular complexity index is 932. The molecule has 0 bridgehead atoms. The normalized spacial score (nSPS) is 13.6. The van der Waals surface area contributed by atoms with Crippen molar-refractivity contribution in [2.45, 2.75) is 38.0 Å². The van der Waals surface area contributed by atoms with Crippen molar-refractivity contribution < 1.29 is 22.7 Å². The summed E-state index contributed by atoms with van der Waals surface area (Å²) in [6.07, 6.45) is -1.56. The van der Waals surface area contributed by atoms with Crippen LogP contribution >= 0.6 is 24.0 Å². The molecule has 0 atom stereocenters. The molecule has 1 saturated carbocycles. The minimum Gasteiger partial charge on any atom is -0.484 e. The Hall–Kier alpha value is -2.50. The van der Waals surface area contributed by atoms with E-state index in [1.54, 1.807) is 13.1 Å². The van der Waals surface area contributed by atoms with Gasteiger partial charge in [0.1, 0.15) is 5.75 Å². The lowest BCUT2D eigenvalue weighted by Gasteiger charge is -2.13. The van der Waals surface area contributed by atoms with E-state index in [4.69, 9.17) is 4.74 Å². The molecule has 1 aliphatic rings. The first kappa shape index (κ1) is 26.7. The predicted octanol–water partition coefficient (Wildman–Crippen LogP) is 3.89. The van der Waals surface area contributed by atoms with E-state index < -0.39 is 11.7 Å². The average Bonchev–Trinajstić information content (AvgIpc) is 3.59. The second-order valence-corrected chi connectivity index (χ2v) is 7.58. The molecule has 1 amide bonds. The molecule has 6 nitrogen and oxygen atoms in total. The van der Waals surface area contributed by atoms with E-state index in [2.05, 4.69) is 20.9 Å². The number of carbonyl (C=O) groups excluding carboxylic acids is 1. The van der Waals surface area contributed by atoms with Crippen LogP contribution in [0.15, 0.2) is 53.5 Å². The molecule has 0 spiro atoms. The lowest BCUT2D eigenvalue weighted by atomic mass is 10.1. The molecule has 0 aromatic heterocycles. The summed E-state index contributed by atoms with van der Waals surface area (Å²) in [4.78, 5) is 15.8. The first-order valence-electron chi connectivity index (χ1n) is 10.5. The molecule has 1 fully saturated rings. The van der Waals surface area contributed by atoms with Crippen molar-refractivity contribution in [3.8, 4) is 5.75 Å². The quantitative estimate of drug-likeness (QED) is 0.241. The standard InChI is InChI=1S/C23H27F3N4O2.HI/c1-27-22(29-14-17-3-2-4-18(13-17)23(24,25)26)28-12-11-16-5-9-20(10-6-16)32-15-21(31)30-19-7-8-19;/h2-6,9-10,13,19H,7-8,11-12,14-15H2,1H3,(H,30,31)(H2,27,28,29);1H. The summed E-state index contributed by atoms with van der Waals surface area (Å²) in [7, 11) is 1.60. The molecule has 180 valence electrons. The minimum atomic E-state index is -4.36. The molecule has 0 aliphatic heterocycles. The number of halogens is 4. The van der Waals surface area contributed by atoms with Gasteiger partial charge in [0.25, 0.3) is 5.91 Å². The zero-order valence-electron chi connectivity index (χ0n) is 18.2. The number of hydrogen-bond donors (Lipinski definition) is 3. The van der Waals surface area contributed by atoms with Gasteiger partial charge in [-0.05, 0) is 54.7 Å². The van der Waals surface area contributed by atoms with Gasteiger partial charge >= 0.3 is 6.18 Å². The summed E-state index contributed by atoms with van der Waals surface area (Å²) < 4.78 is 44.0. The van der Waals surface area contributed by atoms with Gasteiger partial charge in [0.2, 0.25) is 0 Å². The Morgan fingerprint density at radius 2 is 1.82 bits per heavy atom. The molecule has 10 heteroatoms. The number of carbonyl (C=O) groups is 1. The number of amides is 1. The number of nitrogens with zero attached hydrogens (tertiary/aromatic N) is 1. The lowest BCUT2D eigenvalue weighted by Crippen LogP contribution is -2.37. The second-order valence-electron chi connectivity index (χ2n) is 7.58. The highest BCUT2D eigenvalue weighted by atomic mass is 127. The summed E-state index contributed by atoms with van der Waals surface area (Å²) in [5, 5.41) is 9.03. The van der Waals surface area contributed by atoms with Crippen LogP contribution in [0.25, 0.3) is 0 Å². The molecular formula is C23H28F3IN4O2. The average molecular weight is 576 g/mol. The number of benzene rings is 2. The molecule has 1 aliphatic carbocycles. The molecular weight excluding hydrogens is 548 g/mol. The van der Waals surface area contributed by atoms with E-state index in [0.29, 0.717) is 36.3 Å². The van der Waals surface area contributed by atoms with Gasteiger partial charge in [0.15, 0.2) is 12.6 Å². The Balaban J connectivity index is 0.00000385. The van der Waals surface area contributed by atoms with Crippen LogP contribution in [0.1, 0.15) is 29.5 Å². The van der Waals surface area contributed by atoms with Crippen LogP contribution in [-0.4, -0.2) is 38.1 Å². The number of alkyl halides is 3. The second kappa shape index (κ2) is 12.7. The Morgan fingerprint density at radius 3 is 2.45 bits per heavy atom. The van der Waals surface area contributed by atoms with E-state index in [1.807, 2.05) is 24.3 Å². The SMILES string of the molecule is CN=C(NCCc1ccc(OCC(=O)NC2CC2)cc1)NCc1cccc(C(F)(F)F)c1.I. The van der Waals surface area contributed by atoms with E-state index in [1.165, 1.54) is 6.07 Å². The van der Waals surface area contributed by atoms with Gasteiger partial charge in [0, 0.05) is 26.2 Å². The fourth-order valence-electron chi connectivity index (χ4n) is 2.99. The molecule has 33 heavy (non-hydrogen) atoms. The molecule has 2 aromatic carbocycles. The fourth-order valence-corrected chi connectivity index (χ4v) is 2.99. The number of hydrogen-bond acceptors (Lipinski definition) is 3. The molecule has 0 saturated heterocycles. The highest BCUT2D eigenvalue weighted by Crippen LogP contribution is 2.29. The number of ether oxygens (including phenoxy) is 1. The molecule has 0 unspecified atom stereocenters. The fraction of sp³-hybridized carbons (Fsp3) is 0.391. The third-order valence-corrected chi connectivity index (χ3v) is 4.88. The number of aliphatic imine (C=N–C) groups is 1. The van der Waals surface area contributed by atoms with Gasteiger partial charge in [-0.15, -0.1) is 24.0 Å². The van der Waals surface area contributed by atoms with Crippen molar-refractivity contribution in [1.29, 1.82) is 0 Å². The summed E-state index contributed by atoms with van der Waals surface area (Å²) in [5.41, 5.74) is 0.917. The summed E-state index contributed by atoms with van der Waals surface area (Å²) in [6.45, 7) is 0.821. The van der Waals surface area contributed by atoms with Crippen LogP contribution in [0.3, 0.4) is 0 Å². The topological polar surface area (TPSA) is 74.8 Å². The van der Waals surface area contributed by atoms with E-state index in [0.717, 1.165) is 30.5 Å². The molecule has 3 N–H and O–H groups in total. The Labute approximate surface area is 208 Å². The number of nitrogens with one attached hydrogen (secondary N) is 3. The van der Waals surface area contributed by atoms with Gasteiger partial charge in [-0.3, -0.25) is 9.79 Å². The maximum atomic E-state index is 12.8. The van der Waals surface area contributed by atoms with Crippen molar-refractivity contribution >= 4 is 35.8 Å². The van der Waals surface area contributed by atoms with Gasteiger partial charge in [-0.25, -0.2) is 0 Å². The van der Waals surface area contributed by atoms with E-state index >= 15 is 0 Å². The number of rotatable bonds is 9. The van der Waals surface area contributed by atoms with Crippen molar-refractivity contribution in [3.05, 3.63) is 65.2 Å². The highest BCUT2D eigenvalue weighted by Gasteiger charge is 2.30. The van der Waals surface area contributed by atoms with E-state index in [9.17, 15) is 18.0 Å². The van der Waals surface area contributed by atoms with Crippen LogP contribution in [0, 0.1) is 0 Å². The van der Waals surface area contributed by atoms with Crippen LogP contribution in [0.4, 0.5) is 13.2 Å². The van der Waals surface area contributed by atoms with Crippen LogP contribution in [0.5, 0.6) is 5.75 Å². The van der Waals surface area contributed by atoms with Crippen LogP contribution in [0.2, 0.25) is 0 Å². The van der Waals surface area contributed by atoms with Gasteiger partial charge in [-0.1, -0.05) is 24.3 Å². The highest BCUT2D eigenvalue weighted by molar-refractivity contribution is 14.0. The first-order valence-corrected chi connectivity index (χ1v) is 10.5. The van der Waals surface area contributed by atoms with Crippen molar-refractivity contribution in [3.63, 3.8) is 0 Å². The third-order valence-electron chi connectivity index (χ3n) is 4.88. The van der Waals surface area contributed by atoms with Crippen LogP contribution in [-0.2, 0) is 23.9 Å². The molecule has 0 heterocycles. The monoisotopic (exact) mass is 576 g/mol. The van der Waals surface area contributed by atoms with Crippen molar-refractivity contribution in [1.82, 2.24) is 16.0 Å². The Kier molecular flexibility index (Phi) is 10.3. The molecule has 2 aromatic rings. The molecule has 3 rings (SSSR count). The maximum Gasteiger partial charge on any atom is 0.416 e. The summed E-state index contributed by atoms with van der Waals surface area (Å²) in [6, 6.07) is 13.0. The first-order chi connectivity index (χ1) is 15.3. The zero-order chi connectivity index (χ0) is 23.0. The zero-order valence-corrected chi connectivity index (χ0v) is 20.6. The summed E-state index contributed by atoms with van der Waals surface area (Å²) in [5.74, 6) is 1.03. The third kappa shape index (κ3) is 9.48. The number of guanidine groups is 1. The van der Waals surface area contributed by atoms with Gasteiger partial charge in [-0.2, -0.15) is 13.2 Å². The smallest absolute Gasteiger partial charge is 0.416 e. The largest absolute Gasteiger partial charge is 0.484 e. The lowest BCUT2D eigenvalue weighted by molar-refractivity contribution is -0.137. The van der Waals surface area contributed by atoms with Gasteiger partial charge < -0.3 is 20.7 Å². The van der Waals surface area contributed by atoms with Gasteiger partial charge in [0.05, 0.1) is 5.56 Å².